The van der Waals surface area contributed by atoms with Crippen LogP contribution in [0.3, 0.4) is 0 Å². The van der Waals surface area contributed by atoms with E-state index < -0.39 is 0 Å². The van der Waals surface area contributed by atoms with E-state index in [4.69, 9.17) is 5.84 Å². The van der Waals surface area contributed by atoms with Crippen molar-refractivity contribution in [3.63, 3.8) is 0 Å². The molecular formula is C13H11BrN6. The van der Waals surface area contributed by atoms with Crippen LogP contribution < -0.4 is 11.3 Å². The lowest BCUT2D eigenvalue weighted by molar-refractivity contribution is 0.834. The summed E-state index contributed by atoms with van der Waals surface area (Å²) in [5, 5.41) is 4.33. The predicted molar refractivity (Wildman–Crippen MR) is 80.1 cm³/mol. The minimum absolute atomic E-state index is 0.333. The van der Waals surface area contributed by atoms with Crippen LogP contribution >= 0.6 is 15.9 Å². The maximum absolute atomic E-state index is 5.32. The summed E-state index contributed by atoms with van der Waals surface area (Å²) in [5.41, 5.74) is 4.53. The second-order valence-corrected chi connectivity index (χ2v) is 4.90. The first-order chi connectivity index (χ1) is 9.78. The Labute approximate surface area is 123 Å². The van der Waals surface area contributed by atoms with Crippen molar-refractivity contribution in [2.75, 3.05) is 5.43 Å². The quantitative estimate of drug-likeness (QED) is 0.569. The maximum atomic E-state index is 5.32. The van der Waals surface area contributed by atoms with E-state index >= 15 is 0 Å². The van der Waals surface area contributed by atoms with Crippen molar-refractivity contribution in [3.8, 4) is 16.9 Å². The molecule has 0 saturated heterocycles. The van der Waals surface area contributed by atoms with Gasteiger partial charge in [0.2, 0.25) is 5.95 Å². The average molecular weight is 331 g/mol. The summed E-state index contributed by atoms with van der Waals surface area (Å²) < 4.78 is 2.41. The van der Waals surface area contributed by atoms with Gasteiger partial charge in [-0.3, -0.25) is 5.43 Å². The van der Waals surface area contributed by atoms with Crippen molar-refractivity contribution in [1.82, 2.24) is 19.7 Å². The first-order valence-corrected chi connectivity index (χ1v) is 6.67. The van der Waals surface area contributed by atoms with Crippen LogP contribution in [0.1, 0.15) is 0 Å². The molecule has 0 atom stereocenters. The van der Waals surface area contributed by atoms with Gasteiger partial charge in [-0.15, -0.1) is 0 Å². The zero-order chi connectivity index (χ0) is 13.9. The number of hydrazine groups is 1. The average Bonchev–Trinajstić information content (AvgIpc) is 2.98. The molecule has 1 aromatic carbocycles. The van der Waals surface area contributed by atoms with Crippen LogP contribution in [-0.4, -0.2) is 19.7 Å². The highest BCUT2D eigenvalue weighted by atomic mass is 79.9. The molecule has 6 nitrogen and oxygen atoms in total. The van der Waals surface area contributed by atoms with Crippen molar-refractivity contribution in [2.45, 2.75) is 0 Å². The molecule has 0 saturated carbocycles. The molecule has 0 fully saturated rings. The Balaban J connectivity index is 2.02. The number of hydrogen-bond donors (Lipinski definition) is 2. The summed E-state index contributed by atoms with van der Waals surface area (Å²) in [6, 6.07) is 10.0. The van der Waals surface area contributed by atoms with E-state index in [2.05, 4.69) is 36.4 Å². The van der Waals surface area contributed by atoms with Gasteiger partial charge in [-0.1, -0.05) is 30.3 Å². The molecule has 0 radical (unpaired) electrons. The Morgan fingerprint density at radius 2 is 1.90 bits per heavy atom. The molecule has 0 aliphatic rings. The molecule has 0 aliphatic heterocycles. The normalized spacial score (nSPS) is 10.5. The number of nitrogens with two attached hydrogens (primary N) is 1. The number of hydrogen-bond acceptors (Lipinski definition) is 5. The molecule has 3 N–H and O–H groups in total. The van der Waals surface area contributed by atoms with Gasteiger partial charge >= 0.3 is 0 Å². The van der Waals surface area contributed by atoms with Crippen LogP contribution in [0.5, 0.6) is 0 Å². The molecule has 7 heteroatoms. The molecule has 0 amide bonds. The van der Waals surface area contributed by atoms with Gasteiger partial charge in [-0.2, -0.15) is 10.1 Å². The van der Waals surface area contributed by atoms with E-state index in [0.29, 0.717) is 11.8 Å². The molecular weight excluding hydrogens is 320 g/mol. The Hall–Kier alpha value is -2.25. The number of nitrogens with one attached hydrogen (secondary N) is 1. The monoisotopic (exact) mass is 330 g/mol. The first kappa shape index (κ1) is 12.8. The van der Waals surface area contributed by atoms with Gasteiger partial charge in [-0.05, 0) is 21.5 Å². The second kappa shape index (κ2) is 5.40. The summed E-state index contributed by atoms with van der Waals surface area (Å²) in [6.45, 7) is 0. The fourth-order valence-electron chi connectivity index (χ4n) is 1.81. The first-order valence-electron chi connectivity index (χ1n) is 5.87. The Morgan fingerprint density at radius 1 is 1.10 bits per heavy atom. The van der Waals surface area contributed by atoms with Gasteiger partial charge < -0.3 is 0 Å². The molecule has 2 aromatic heterocycles. The number of rotatable bonds is 3. The van der Waals surface area contributed by atoms with Crippen LogP contribution in [0.4, 0.5) is 5.95 Å². The van der Waals surface area contributed by atoms with Gasteiger partial charge in [0.15, 0.2) is 5.82 Å². The molecule has 3 rings (SSSR count). The lowest BCUT2D eigenvalue weighted by Gasteiger charge is -2.05. The van der Waals surface area contributed by atoms with Crippen LogP contribution in [0, 0.1) is 0 Å². The lowest BCUT2D eigenvalue weighted by atomic mass is 10.1. The number of halogens is 1. The largest absolute Gasteiger partial charge is 0.292 e. The van der Waals surface area contributed by atoms with Gasteiger partial charge in [0, 0.05) is 18.0 Å². The molecule has 0 aliphatic carbocycles. The molecule has 0 bridgehead atoms. The second-order valence-electron chi connectivity index (χ2n) is 4.05. The Morgan fingerprint density at radius 3 is 2.65 bits per heavy atom. The number of aromatic nitrogens is 4. The smallest absolute Gasteiger partial charge is 0.239 e. The van der Waals surface area contributed by atoms with Gasteiger partial charge in [-0.25, -0.2) is 15.5 Å². The van der Waals surface area contributed by atoms with E-state index in [1.165, 1.54) is 0 Å². The Bertz CT molecular complexity index is 725. The summed E-state index contributed by atoms with van der Waals surface area (Å²) in [5.74, 6) is 6.28. The standard InChI is InChI=1S/C13H11BrN6/c14-11-7-16-13(19-15)18-12(11)20-8-10(6-17-20)9-4-2-1-3-5-9/h1-8H,15H2,(H,16,18,19). The third-order valence-corrected chi connectivity index (χ3v) is 3.32. The molecule has 0 unspecified atom stereocenters. The van der Waals surface area contributed by atoms with Crippen molar-refractivity contribution in [1.29, 1.82) is 0 Å². The highest BCUT2D eigenvalue weighted by Crippen LogP contribution is 2.22. The SMILES string of the molecule is NNc1ncc(Br)c(-n2cc(-c3ccccc3)cn2)n1. The van der Waals surface area contributed by atoms with Crippen molar-refractivity contribution in [2.24, 2.45) is 5.84 Å². The molecule has 3 aromatic rings. The van der Waals surface area contributed by atoms with Crippen molar-refractivity contribution in [3.05, 3.63) is 53.4 Å². The van der Waals surface area contributed by atoms with E-state index in [-0.39, 0.29) is 0 Å². The fraction of sp³-hybridized carbons (Fsp3) is 0. The number of nitrogens with zero attached hydrogens (tertiary/aromatic N) is 4. The Kier molecular flexibility index (Phi) is 3.44. The van der Waals surface area contributed by atoms with Crippen molar-refractivity contribution >= 4 is 21.9 Å². The van der Waals surface area contributed by atoms with E-state index in [9.17, 15) is 0 Å². The molecule has 100 valence electrons. The predicted octanol–water partition coefficient (Wildman–Crippen LogP) is 2.38. The zero-order valence-corrected chi connectivity index (χ0v) is 11.9. The van der Waals surface area contributed by atoms with E-state index in [0.717, 1.165) is 15.6 Å². The fourth-order valence-corrected chi connectivity index (χ4v) is 2.18. The highest BCUT2D eigenvalue weighted by Gasteiger charge is 2.09. The van der Waals surface area contributed by atoms with E-state index in [1.54, 1.807) is 17.1 Å². The van der Waals surface area contributed by atoms with Gasteiger partial charge in [0.1, 0.15) is 0 Å². The third-order valence-electron chi connectivity index (χ3n) is 2.76. The lowest BCUT2D eigenvalue weighted by Crippen LogP contribution is -2.12. The van der Waals surface area contributed by atoms with Gasteiger partial charge in [0.05, 0.1) is 10.7 Å². The number of anilines is 1. The third kappa shape index (κ3) is 2.40. The van der Waals surface area contributed by atoms with Crippen molar-refractivity contribution < 1.29 is 0 Å². The summed E-state index contributed by atoms with van der Waals surface area (Å²) in [7, 11) is 0. The van der Waals surface area contributed by atoms with Crippen LogP contribution in [0.2, 0.25) is 0 Å². The topological polar surface area (TPSA) is 81.6 Å². The van der Waals surface area contributed by atoms with E-state index in [1.807, 2.05) is 36.5 Å². The zero-order valence-electron chi connectivity index (χ0n) is 10.4. The summed E-state index contributed by atoms with van der Waals surface area (Å²) in [6.07, 6.45) is 5.32. The minimum atomic E-state index is 0.333. The van der Waals surface area contributed by atoms with Gasteiger partial charge in [0.25, 0.3) is 0 Å². The van der Waals surface area contributed by atoms with Crippen LogP contribution in [0.25, 0.3) is 16.9 Å². The van der Waals surface area contributed by atoms with Crippen LogP contribution in [0.15, 0.2) is 53.4 Å². The summed E-state index contributed by atoms with van der Waals surface area (Å²) in [4.78, 5) is 8.29. The minimum Gasteiger partial charge on any atom is -0.292 e. The number of benzene rings is 1. The molecule has 0 spiro atoms. The molecule has 2 heterocycles. The number of nitrogen functional groups attached to an aromatic ring is 1. The summed E-state index contributed by atoms with van der Waals surface area (Å²) >= 11 is 3.41. The van der Waals surface area contributed by atoms with Crippen LogP contribution in [-0.2, 0) is 0 Å². The highest BCUT2D eigenvalue weighted by molar-refractivity contribution is 9.10. The maximum Gasteiger partial charge on any atom is 0.239 e. The molecule has 20 heavy (non-hydrogen) atoms.